The van der Waals surface area contributed by atoms with Crippen LogP contribution in [0, 0.1) is 5.92 Å². The normalized spacial score (nSPS) is 12.8. The fraction of sp³-hybridized carbons (Fsp3) is 0.467. The molecule has 0 saturated carbocycles. The Kier molecular flexibility index (Phi) is 4.39. The second-order valence-corrected chi connectivity index (χ2v) is 5.33. The Labute approximate surface area is 119 Å². The molecule has 0 fully saturated rings. The molecule has 1 unspecified atom stereocenters. The van der Waals surface area contributed by atoms with Crippen LogP contribution in [0.5, 0.6) is 0 Å². The number of para-hydroxylation sites is 2. The number of aromatic nitrogens is 2. The maximum Gasteiger partial charge on any atom is 0.257 e. The second kappa shape index (κ2) is 6.05. The highest BCUT2D eigenvalue weighted by molar-refractivity contribution is 5.84. The number of hydrogen-bond acceptors (Lipinski definition) is 3. The molecule has 2 aromatic rings. The molecular weight excluding hydrogens is 252 g/mol. The lowest BCUT2D eigenvalue weighted by Crippen LogP contribution is -2.39. The smallest absolute Gasteiger partial charge is 0.257 e. The van der Waals surface area contributed by atoms with Gasteiger partial charge in [0.05, 0.1) is 11.0 Å². The minimum atomic E-state index is -0.339. The van der Waals surface area contributed by atoms with Crippen molar-refractivity contribution in [3.63, 3.8) is 0 Å². The maximum atomic E-state index is 12.2. The molecule has 1 atom stereocenters. The lowest BCUT2D eigenvalue weighted by molar-refractivity contribution is -0.125. The molecule has 5 heteroatoms. The molecule has 1 heterocycles. The number of aryl methyl sites for hydroxylation is 1. The van der Waals surface area contributed by atoms with E-state index in [1.165, 1.54) is 0 Å². The molecular formula is C15H22N4O. The molecule has 0 radical (unpaired) electrons. The first-order chi connectivity index (χ1) is 9.60. The average Bonchev–Trinajstić information content (AvgIpc) is 2.77. The van der Waals surface area contributed by atoms with Crippen LogP contribution in [0.2, 0.25) is 0 Å². The van der Waals surface area contributed by atoms with Crippen molar-refractivity contribution >= 4 is 16.9 Å². The fourth-order valence-corrected chi connectivity index (χ4v) is 2.61. The van der Waals surface area contributed by atoms with Crippen molar-refractivity contribution in [2.45, 2.75) is 39.7 Å². The maximum absolute atomic E-state index is 12.2. The van der Waals surface area contributed by atoms with Crippen LogP contribution in [0.15, 0.2) is 24.3 Å². The number of nitrogens with zero attached hydrogens (tertiary/aromatic N) is 2. The summed E-state index contributed by atoms with van der Waals surface area (Å²) in [6.07, 6.45) is 1.83. The highest BCUT2D eigenvalue weighted by Gasteiger charge is 2.27. The molecule has 2 rings (SSSR count). The lowest BCUT2D eigenvalue weighted by Gasteiger charge is -2.23. The fourth-order valence-electron chi connectivity index (χ4n) is 2.61. The van der Waals surface area contributed by atoms with E-state index in [1.807, 2.05) is 42.7 Å². The van der Waals surface area contributed by atoms with Crippen LogP contribution in [-0.2, 0) is 11.2 Å². The third kappa shape index (κ3) is 2.54. The first-order valence-electron chi connectivity index (χ1n) is 7.06. The molecule has 0 saturated heterocycles. The summed E-state index contributed by atoms with van der Waals surface area (Å²) in [5, 5.41) is 0. The summed E-state index contributed by atoms with van der Waals surface area (Å²) in [7, 11) is 0. The Morgan fingerprint density at radius 2 is 2.10 bits per heavy atom. The number of imidazole rings is 1. The van der Waals surface area contributed by atoms with Crippen molar-refractivity contribution in [2.24, 2.45) is 11.8 Å². The summed E-state index contributed by atoms with van der Waals surface area (Å²) in [5.74, 6) is 6.24. The standard InChI is InChI=1S/C15H22N4O/c1-4-7-13-17-11-8-5-6-9-12(11)19(13)14(10(2)3)15(20)18-16/h5-6,8-10,14H,4,7,16H2,1-3H3,(H,18,20). The van der Waals surface area contributed by atoms with E-state index in [4.69, 9.17) is 5.84 Å². The van der Waals surface area contributed by atoms with Crippen LogP contribution in [0.3, 0.4) is 0 Å². The highest BCUT2D eigenvalue weighted by atomic mass is 16.2. The largest absolute Gasteiger partial charge is 0.315 e. The number of carbonyl (C=O) groups excluding carboxylic acids is 1. The number of nitrogens with one attached hydrogen (secondary N) is 1. The molecule has 5 nitrogen and oxygen atoms in total. The summed E-state index contributed by atoms with van der Waals surface area (Å²) < 4.78 is 2.03. The van der Waals surface area contributed by atoms with Gasteiger partial charge in [-0.25, -0.2) is 10.8 Å². The number of amides is 1. The molecule has 108 valence electrons. The zero-order chi connectivity index (χ0) is 14.7. The van der Waals surface area contributed by atoms with Crippen LogP contribution in [0.4, 0.5) is 0 Å². The summed E-state index contributed by atoms with van der Waals surface area (Å²) >= 11 is 0. The molecule has 1 aromatic carbocycles. The van der Waals surface area contributed by atoms with Crippen LogP contribution in [0.25, 0.3) is 11.0 Å². The van der Waals surface area contributed by atoms with Gasteiger partial charge in [0.2, 0.25) is 0 Å². The van der Waals surface area contributed by atoms with Gasteiger partial charge in [-0.3, -0.25) is 10.2 Å². The van der Waals surface area contributed by atoms with E-state index in [9.17, 15) is 4.79 Å². The summed E-state index contributed by atoms with van der Waals surface area (Å²) in [6.45, 7) is 6.14. The summed E-state index contributed by atoms with van der Waals surface area (Å²) in [6, 6.07) is 7.56. The van der Waals surface area contributed by atoms with E-state index in [0.29, 0.717) is 0 Å². The quantitative estimate of drug-likeness (QED) is 0.498. The second-order valence-electron chi connectivity index (χ2n) is 5.33. The lowest BCUT2D eigenvalue weighted by atomic mass is 10.0. The van der Waals surface area contributed by atoms with Gasteiger partial charge in [0.25, 0.3) is 5.91 Å². The molecule has 0 spiro atoms. The molecule has 0 bridgehead atoms. The van der Waals surface area contributed by atoms with Gasteiger partial charge in [0.15, 0.2) is 0 Å². The van der Waals surface area contributed by atoms with Crippen molar-refractivity contribution in [3.8, 4) is 0 Å². The van der Waals surface area contributed by atoms with E-state index in [1.54, 1.807) is 0 Å². The Balaban J connectivity index is 2.64. The van der Waals surface area contributed by atoms with Crippen molar-refractivity contribution in [1.29, 1.82) is 0 Å². The Morgan fingerprint density at radius 3 is 2.70 bits per heavy atom. The third-order valence-electron chi connectivity index (χ3n) is 3.46. The van der Waals surface area contributed by atoms with Crippen molar-refractivity contribution < 1.29 is 4.79 Å². The van der Waals surface area contributed by atoms with E-state index < -0.39 is 0 Å². The number of fused-ring (bicyclic) bond motifs is 1. The SMILES string of the molecule is CCCc1nc2ccccc2n1C(C(=O)NN)C(C)C. The van der Waals surface area contributed by atoms with Crippen molar-refractivity contribution in [3.05, 3.63) is 30.1 Å². The van der Waals surface area contributed by atoms with Crippen molar-refractivity contribution in [2.75, 3.05) is 0 Å². The Bertz CT molecular complexity index is 603. The molecule has 1 aromatic heterocycles. The van der Waals surface area contributed by atoms with Gasteiger partial charge >= 0.3 is 0 Å². The van der Waals surface area contributed by atoms with Crippen LogP contribution >= 0.6 is 0 Å². The Hall–Kier alpha value is -1.88. The van der Waals surface area contributed by atoms with Crippen LogP contribution in [-0.4, -0.2) is 15.5 Å². The predicted molar refractivity (Wildman–Crippen MR) is 79.9 cm³/mol. The Morgan fingerprint density at radius 1 is 1.40 bits per heavy atom. The average molecular weight is 274 g/mol. The molecule has 20 heavy (non-hydrogen) atoms. The highest BCUT2D eigenvalue weighted by Crippen LogP contribution is 2.27. The number of benzene rings is 1. The van der Waals surface area contributed by atoms with Crippen molar-refractivity contribution in [1.82, 2.24) is 15.0 Å². The topological polar surface area (TPSA) is 72.9 Å². The number of hydrazine groups is 1. The summed E-state index contributed by atoms with van der Waals surface area (Å²) in [5.41, 5.74) is 4.19. The number of nitrogens with two attached hydrogens (primary N) is 1. The van der Waals surface area contributed by atoms with Gasteiger partial charge in [-0.15, -0.1) is 0 Å². The van der Waals surface area contributed by atoms with Gasteiger partial charge < -0.3 is 4.57 Å². The third-order valence-corrected chi connectivity index (χ3v) is 3.46. The molecule has 0 aliphatic rings. The molecule has 3 N–H and O–H groups in total. The van der Waals surface area contributed by atoms with Gasteiger partial charge in [-0.1, -0.05) is 32.9 Å². The van der Waals surface area contributed by atoms with E-state index >= 15 is 0 Å². The van der Waals surface area contributed by atoms with Gasteiger partial charge in [-0.05, 0) is 24.5 Å². The minimum absolute atomic E-state index is 0.131. The van der Waals surface area contributed by atoms with Gasteiger partial charge in [0, 0.05) is 6.42 Å². The monoisotopic (exact) mass is 274 g/mol. The zero-order valence-corrected chi connectivity index (χ0v) is 12.3. The molecule has 0 aliphatic carbocycles. The van der Waals surface area contributed by atoms with Crippen LogP contribution < -0.4 is 11.3 Å². The van der Waals surface area contributed by atoms with E-state index in [2.05, 4.69) is 17.3 Å². The number of hydrogen-bond donors (Lipinski definition) is 2. The van der Waals surface area contributed by atoms with Crippen LogP contribution in [0.1, 0.15) is 39.1 Å². The number of carbonyl (C=O) groups is 1. The first-order valence-corrected chi connectivity index (χ1v) is 7.06. The van der Waals surface area contributed by atoms with Gasteiger partial charge in [0.1, 0.15) is 11.9 Å². The molecule has 0 aliphatic heterocycles. The molecule has 1 amide bonds. The predicted octanol–water partition coefficient (Wildman–Crippen LogP) is 2.18. The first kappa shape index (κ1) is 14.5. The zero-order valence-electron chi connectivity index (χ0n) is 12.3. The minimum Gasteiger partial charge on any atom is -0.315 e. The van der Waals surface area contributed by atoms with E-state index in [-0.39, 0.29) is 17.9 Å². The number of rotatable bonds is 5. The summed E-state index contributed by atoms with van der Waals surface area (Å²) in [4.78, 5) is 16.8. The van der Waals surface area contributed by atoms with Gasteiger partial charge in [-0.2, -0.15) is 0 Å². The van der Waals surface area contributed by atoms with E-state index in [0.717, 1.165) is 29.7 Å².